The molecule has 0 heterocycles. The molecule has 6 nitrogen and oxygen atoms in total. The van der Waals surface area contributed by atoms with Gasteiger partial charge in [-0.05, 0) is 25.7 Å². The third-order valence-electron chi connectivity index (χ3n) is 10.2. The molecule has 0 radical (unpaired) electrons. The van der Waals surface area contributed by atoms with E-state index < -0.39 is 0 Å². The number of hydrogen-bond acceptors (Lipinski definition) is 5. The Bertz CT molecular complexity index is 608. The third kappa shape index (κ3) is 41.7. The molecular weight excluding hydrogens is 619 g/mol. The zero-order valence-corrected chi connectivity index (χ0v) is 34.1. The molecule has 0 aliphatic rings. The molecule has 0 aliphatic carbocycles. The zero-order chi connectivity index (χ0) is 36.4. The minimum Gasteiger partial charge on any atom is -0.379 e. The molecular formula is C44H91N3O3. The summed E-state index contributed by atoms with van der Waals surface area (Å²) in [6.07, 6.45) is 45.3. The molecule has 0 aromatic carbocycles. The van der Waals surface area contributed by atoms with Gasteiger partial charge >= 0.3 is 0 Å². The van der Waals surface area contributed by atoms with Gasteiger partial charge in [0.25, 0.3) is 0 Å². The molecule has 0 unspecified atom stereocenters. The lowest BCUT2D eigenvalue weighted by molar-refractivity contribution is -0.123. The number of carbonyl (C=O) groups is 1. The Morgan fingerprint density at radius 3 is 1.00 bits per heavy atom. The standard InChI is InChI=1S/C44H91N3O3/c1-3-5-7-9-11-13-15-17-19-21-23-25-27-29-31-33-38-49-40-42(47-44(48)37-35-36-43(45)46)41-50-39-34-32-30-28-26-24-22-20-18-16-14-12-10-8-6-4-2/h42-43H,3-41,45-46H2,1-2H3,(H,47,48). The second-order valence-corrected chi connectivity index (χ2v) is 15.6. The van der Waals surface area contributed by atoms with Crippen molar-refractivity contribution in [1.82, 2.24) is 5.32 Å². The Morgan fingerprint density at radius 2 is 0.720 bits per heavy atom. The first-order valence-corrected chi connectivity index (χ1v) is 22.6. The number of hydrogen-bond donors (Lipinski definition) is 3. The van der Waals surface area contributed by atoms with Gasteiger partial charge in [-0.15, -0.1) is 0 Å². The van der Waals surface area contributed by atoms with Crippen LogP contribution in [0.2, 0.25) is 0 Å². The average molecular weight is 710 g/mol. The van der Waals surface area contributed by atoms with E-state index in [0.29, 0.717) is 32.5 Å². The number of rotatable bonds is 43. The normalized spacial score (nSPS) is 11.7. The van der Waals surface area contributed by atoms with E-state index >= 15 is 0 Å². The van der Waals surface area contributed by atoms with E-state index in [4.69, 9.17) is 20.9 Å². The Morgan fingerprint density at radius 1 is 0.440 bits per heavy atom. The predicted octanol–water partition coefficient (Wildman–Crippen LogP) is 12.4. The van der Waals surface area contributed by atoms with Crippen molar-refractivity contribution in [3.05, 3.63) is 0 Å². The van der Waals surface area contributed by atoms with Crippen LogP contribution in [-0.4, -0.2) is 44.5 Å². The summed E-state index contributed by atoms with van der Waals surface area (Å²) < 4.78 is 12.0. The quantitative estimate of drug-likeness (QED) is 0.0432. The van der Waals surface area contributed by atoms with Gasteiger partial charge in [0.15, 0.2) is 0 Å². The molecule has 5 N–H and O–H groups in total. The van der Waals surface area contributed by atoms with Crippen LogP contribution < -0.4 is 16.8 Å². The monoisotopic (exact) mass is 710 g/mol. The van der Waals surface area contributed by atoms with Gasteiger partial charge in [-0.2, -0.15) is 0 Å². The fourth-order valence-electron chi connectivity index (χ4n) is 6.89. The number of unbranched alkanes of at least 4 members (excludes halogenated alkanes) is 30. The Balaban J connectivity index is 3.81. The largest absolute Gasteiger partial charge is 0.379 e. The molecule has 0 saturated carbocycles. The molecule has 0 atom stereocenters. The molecule has 0 rings (SSSR count). The van der Waals surface area contributed by atoms with Crippen LogP contribution in [0.3, 0.4) is 0 Å². The second kappa shape index (κ2) is 42.7. The van der Waals surface area contributed by atoms with Crippen LogP contribution in [0.1, 0.15) is 239 Å². The van der Waals surface area contributed by atoms with E-state index in [1.807, 2.05) is 0 Å². The summed E-state index contributed by atoms with van der Waals surface area (Å²) in [6.45, 7) is 7.12. The van der Waals surface area contributed by atoms with Crippen LogP contribution in [-0.2, 0) is 14.3 Å². The number of ether oxygens (including phenoxy) is 2. The predicted molar refractivity (Wildman–Crippen MR) is 219 cm³/mol. The summed E-state index contributed by atoms with van der Waals surface area (Å²) in [5, 5.41) is 3.13. The molecule has 0 bridgehead atoms. The lowest BCUT2D eigenvalue weighted by atomic mass is 10.0. The highest BCUT2D eigenvalue weighted by atomic mass is 16.5. The first-order chi connectivity index (χ1) is 24.6. The van der Waals surface area contributed by atoms with Crippen LogP contribution in [0, 0.1) is 0 Å². The van der Waals surface area contributed by atoms with Crippen molar-refractivity contribution in [3.8, 4) is 0 Å². The fraction of sp³-hybridized carbons (Fsp3) is 0.977. The minimum absolute atomic E-state index is 0.0349. The molecule has 0 aromatic rings. The highest BCUT2D eigenvalue weighted by Gasteiger charge is 2.13. The lowest BCUT2D eigenvalue weighted by Crippen LogP contribution is -2.42. The topological polar surface area (TPSA) is 99.6 Å². The molecule has 50 heavy (non-hydrogen) atoms. The molecule has 6 heteroatoms. The second-order valence-electron chi connectivity index (χ2n) is 15.6. The molecule has 0 aliphatic heterocycles. The van der Waals surface area contributed by atoms with Gasteiger partial charge in [0.2, 0.25) is 5.91 Å². The molecule has 300 valence electrons. The summed E-state index contributed by atoms with van der Waals surface area (Å²) in [5.74, 6) is 0.0349. The molecule has 0 aromatic heterocycles. The van der Waals surface area contributed by atoms with E-state index in [2.05, 4.69) is 19.2 Å². The summed E-state index contributed by atoms with van der Waals surface area (Å²) in [4.78, 5) is 12.5. The first-order valence-electron chi connectivity index (χ1n) is 22.6. The van der Waals surface area contributed by atoms with Crippen molar-refractivity contribution in [2.75, 3.05) is 26.4 Å². The maximum absolute atomic E-state index is 12.5. The average Bonchev–Trinajstić information content (AvgIpc) is 3.10. The van der Waals surface area contributed by atoms with Crippen LogP contribution in [0.4, 0.5) is 0 Å². The summed E-state index contributed by atoms with van der Waals surface area (Å²) >= 11 is 0. The van der Waals surface area contributed by atoms with Crippen molar-refractivity contribution in [1.29, 1.82) is 0 Å². The minimum atomic E-state index is -0.357. The van der Waals surface area contributed by atoms with Crippen LogP contribution in [0.15, 0.2) is 0 Å². The van der Waals surface area contributed by atoms with Gasteiger partial charge in [0, 0.05) is 19.6 Å². The van der Waals surface area contributed by atoms with Crippen molar-refractivity contribution in [2.45, 2.75) is 251 Å². The Labute approximate surface area is 313 Å². The maximum Gasteiger partial charge on any atom is 0.220 e. The van der Waals surface area contributed by atoms with Crippen molar-refractivity contribution in [2.24, 2.45) is 11.5 Å². The number of nitrogens with two attached hydrogens (primary N) is 2. The first kappa shape index (κ1) is 49.3. The molecule has 0 spiro atoms. The third-order valence-corrected chi connectivity index (χ3v) is 10.2. The number of amides is 1. The van der Waals surface area contributed by atoms with Gasteiger partial charge in [-0.25, -0.2) is 0 Å². The molecule has 0 saturated heterocycles. The van der Waals surface area contributed by atoms with E-state index in [1.165, 1.54) is 193 Å². The van der Waals surface area contributed by atoms with Gasteiger partial charge < -0.3 is 26.3 Å². The molecule has 0 fully saturated rings. The van der Waals surface area contributed by atoms with Gasteiger partial charge in [0.1, 0.15) is 0 Å². The Kier molecular flexibility index (Phi) is 42.1. The maximum atomic E-state index is 12.5. The smallest absolute Gasteiger partial charge is 0.220 e. The van der Waals surface area contributed by atoms with Gasteiger partial charge in [0.05, 0.1) is 25.4 Å². The molecule has 1 amide bonds. The summed E-state index contributed by atoms with van der Waals surface area (Å²) in [7, 11) is 0. The zero-order valence-electron chi connectivity index (χ0n) is 34.1. The van der Waals surface area contributed by atoms with Crippen LogP contribution >= 0.6 is 0 Å². The number of carbonyl (C=O) groups excluding carboxylic acids is 1. The van der Waals surface area contributed by atoms with E-state index in [-0.39, 0.29) is 18.1 Å². The van der Waals surface area contributed by atoms with E-state index in [9.17, 15) is 4.79 Å². The lowest BCUT2D eigenvalue weighted by Gasteiger charge is -2.19. The van der Waals surface area contributed by atoms with Gasteiger partial charge in [-0.3, -0.25) is 4.79 Å². The van der Waals surface area contributed by atoms with Crippen LogP contribution in [0.25, 0.3) is 0 Å². The summed E-state index contributed by atoms with van der Waals surface area (Å²) in [5.41, 5.74) is 11.3. The van der Waals surface area contributed by atoms with E-state index in [0.717, 1.165) is 26.1 Å². The van der Waals surface area contributed by atoms with Crippen molar-refractivity contribution < 1.29 is 14.3 Å². The van der Waals surface area contributed by atoms with Crippen molar-refractivity contribution >= 4 is 5.91 Å². The van der Waals surface area contributed by atoms with Crippen molar-refractivity contribution in [3.63, 3.8) is 0 Å². The van der Waals surface area contributed by atoms with E-state index in [1.54, 1.807) is 0 Å². The van der Waals surface area contributed by atoms with Gasteiger partial charge in [-0.1, -0.05) is 206 Å². The highest BCUT2D eigenvalue weighted by molar-refractivity contribution is 5.76. The SMILES string of the molecule is CCCCCCCCCCCCCCCCCCOCC(COCCCCCCCCCCCCCCCCCC)NC(=O)CCCC(N)N. The Hall–Kier alpha value is -0.690. The number of nitrogens with one attached hydrogen (secondary N) is 1. The highest BCUT2D eigenvalue weighted by Crippen LogP contribution is 2.15. The summed E-state index contributed by atoms with van der Waals surface area (Å²) in [6, 6.07) is -0.101. The van der Waals surface area contributed by atoms with Crippen LogP contribution in [0.5, 0.6) is 0 Å². The fourth-order valence-corrected chi connectivity index (χ4v) is 6.89.